The molecule has 250 valence electrons. The molecule has 4 aromatic rings. The highest BCUT2D eigenvalue weighted by atomic mass is 16.5. The van der Waals surface area contributed by atoms with Crippen LogP contribution in [0.25, 0.3) is 11.6 Å². The van der Waals surface area contributed by atoms with Gasteiger partial charge in [0.15, 0.2) is 23.4 Å². The number of oxazole rings is 2. The Morgan fingerprint density at radius 2 is 1.85 bits per heavy atom. The van der Waals surface area contributed by atoms with Crippen molar-refractivity contribution in [3.05, 3.63) is 82.8 Å². The number of para-hydroxylation sites is 1. The van der Waals surface area contributed by atoms with Crippen LogP contribution < -0.4 is 15.4 Å². The normalized spacial score (nSPS) is 22.9. The molecule has 2 aromatic heterocycles. The topological polar surface area (TPSA) is 169 Å². The summed E-state index contributed by atoms with van der Waals surface area (Å²) >= 11 is 0. The lowest BCUT2D eigenvalue weighted by molar-refractivity contribution is -0.147. The third-order valence-electron chi connectivity index (χ3n) is 9.51. The van der Waals surface area contributed by atoms with Crippen molar-refractivity contribution in [3.8, 4) is 17.3 Å². The minimum Gasteiger partial charge on any atom is -0.469 e. The molecule has 5 heterocycles. The van der Waals surface area contributed by atoms with E-state index in [0.29, 0.717) is 11.5 Å². The minimum atomic E-state index is -1.28. The lowest BCUT2D eigenvalue weighted by atomic mass is 9.72. The van der Waals surface area contributed by atoms with Crippen molar-refractivity contribution in [2.45, 2.75) is 63.9 Å². The number of esters is 1. The van der Waals surface area contributed by atoms with Gasteiger partial charge in [0.25, 0.3) is 5.91 Å². The number of anilines is 1. The molecule has 0 saturated carbocycles. The van der Waals surface area contributed by atoms with Gasteiger partial charge in [0.2, 0.25) is 17.7 Å². The number of carbonyl (C=O) groups excluding carboxylic acids is 3. The minimum absolute atomic E-state index is 0.0251. The molecule has 1 spiro atoms. The van der Waals surface area contributed by atoms with Crippen LogP contribution in [0.3, 0.4) is 0 Å². The molecule has 7 rings (SSSR count). The quantitative estimate of drug-likeness (QED) is 0.258. The molecule has 4 bridgehead atoms. The van der Waals surface area contributed by atoms with Crippen molar-refractivity contribution >= 4 is 23.5 Å². The van der Waals surface area contributed by atoms with E-state index < -0.39 is 47.6 Å². The van der Waals surface area contributed by atoms with E-state index in [-0.39, 0.29) is 41.4 Å². The fourth-order valence-corrected chi connectivity index (χ4v) is 6.86. The lowest BCUT2D eigenvalue weighted by Gasteiger charge is -2.32. The predicted molar refractivity (Wildman–Crippen MR) is 171 cm³/mol. The van der Waals surface area contributed by atoms with E-state index in [4.69, 9.17) is 23.3 Å². The van der Waals surface area contributed by atoms with Gasteiger partial charge in [-0.2, -0.15) is 0 Å². The zero-order valence-electron chi connectivity index (χ0n) is 27.4. The smallest absolute Gasteiger partial charge is 0.360 e. The number of hydrogen-bond donors (Lipinski definition) is 3. The average molecular weight is 656 g/mol. The Labute approximate surface area is 276 Å². The number of benzene rings is 2. The van der Waals surface area contributed by atoms with Gasteiger partial charge in [-0.3, -0.25) is 9.59 Å². The Morgan fingerprint density at radius 3 is 2.58 bits per heavy atom. The van der Waals surface area contributed by atoms with Crippen LogP contribution in [0.5, 0.6) is 5.75 Å². The Bertz CT molecular complexity index is 1930. The fourth-order valence-electron chi connectivity index (χ4n) is 6.86. The summed E-state index contributed by atoms with van der Waals surface area (Å²) in [6.07, 6.45) is -0.582. The molecule has 3 N–H and O–H groups in total. The number of aliphatic hydroxyl groups is 1. The van der Waals surface area contributed by atoms with Gasteiger partial charge in [0.1, 0.15) is 35.6 Å². The van der Waals surface area contributed by atoms with Crippen molar-refractivity contribution in [2.75, 3.05) is 19.5 Å². The molecule has 0 radical (unpaired) electrons. The lowest BCUT2D eigenvalue weighted by Crippen LogP contribution is -2.53. The van der Waals surface area contributed by atoms with E-state index in [1.807, 2.05) is 56.3 Å². The van der Waals surface area contributed by atoms with Gasteiger partial charge in [-0.15, -0.1) is 0 Å². The monoisotopic (exact) mass is 655 g/mol. The van der Waals surface area contributed by atoms with Crippen LogP contribution in [-0.2, 0) is 26.2 Å². The number of aromatic nitrogens is 2. The fraction of sp³-hybridized carbons (Fsp3) is 0.400. The third kappa shape index (κ3) is 4.67. The van der Waals surface area contributed by atoms with Crippen LogP contribution in [0, 0.1) is 11.8 Å². The summed E-state index contributed by atoms with van der Waals surface area (Å²) in [6, 6.07) is 11.7. The Morgan fingerprint density at radius 1 is 1.08 bits per heavy atom. The van der Waals surface area contributed by atoms with Gasteiger partial charge in [0.05, 0.1) is 7.11 Å². The molecule has 13 nitrogen and oxygen atoms in total. The Kier molecular flexibility index (Phi) is 7.54. The third-order valence-corrected chi connectivity index (χ3v) is 9.51. The molecule has 0 aliphatic carbocycles. The van der Waals surface area contributed by atoms with Crippen LogP contribution in [0.4, 0.5) is 5.69 Å². The molecule has 5 atom stereocenters. The predicted octanol–water partition coefficient (Wildman–Crippen LogP) is 3.81. The van der Waals surface area contributed by atoms with Crippen molar-refractivity contribution in [1.29, 1.82) is 0 Å². The maximum Gasteiger partial charge on any atom is 0.360 e. The van der Waals surface area contributed by atoms with Crippen molar-refractivity contribution in [1.82, 2.24) is 20.2 Å². The molecular weight excluding hydrogens is 618 g/mol. The maximum atomic E-state index is 14.2. The average Bonchev–Trinajstić information content (AvgIpc) is 3.85. The van der Waals surface area contributed by atoms with Crippen LogP contribution >= 0.6 is 0 Å². The second kappa shape index (κ2) is 11.5. The molecule has 3 aliphatic rings. The second-order valence-electron chi connectivity index (χ2n) is 13.2. The summed E-state index contributed by atoms with van der Waals surface area (Å²) in [6.45, 7) is 7.33. The van der Waals surface area contributed by atoms with Crippen LogP contribution in [-0.4, -0.2) is 70.3 Å². The second-order valence-corrected chi connectivity index (χ2v) is 13.2. The molecule has 0 fully saturated rings. The summed E-state index contributed by atoms with van der Waals surface area (Å²) < 4.78 is 24.1. The number of likely N-dealkylation sites (N-methyl/N-ethyl adjacent to an activating group) is 1. The molecule has 2 aromatic carbocycles. The molecule has 13 heteroatoms. The summed E-state index contributed by atoms with van der Waals surface area (Å²) in [5.74, 6) is -1.08. The Balaban J connectivity index is 1.49. The molecule has 2 amide bonds. The highest BCUT2D eigenvalue weighted by Gasteiger charge is 2.61. The number of carbonyl (C=O) groups is 3. The van der Waals surface area contributed by atoms with E-state index in [1.54, 1.807) is 13.8 Å². The van der Waals surface area contributed by atoms with E-state index in [1.165, 1.54) is 25.3 Å². The largest absolute Gasteiger partial charge is 0.469 e. The number of methoxy groups -OCH3 is 1. The highest BCUT2D eigenvalue weighted by molar-refractivity contribution is 5.90. The number of rotatable bonds is 6. The highest BCUT2D eigenvalue weighted by Crippen LogP contribution is 2.59. The number of ether oxygens (including phenoxy) is 2. The number of hydrogen-bond acceptors (Lipinski definition) is 11. The first-order valence-electron chi connectivity index (χ1n) is 15.9. The van der Waals surface area contributed by atoms with E-state index >= 15 is 0 Å². The number of nitrogens with zero attached hydrogens (tertiary/aromatic N) is 3. The SMILES string of the molecule is COC(=O)c1coc(-c2nc3oc2C24c5ccccc5N[C@@H]2Oc2ccc(cc24)C[C@H](N(C)C(=O)[C@@H](O)C(C)C)C(=O)N[C@H]3C(C)C)n1. The van der Waals surface area contributed by atoms with Crippen molar-refractivity contribution in [3.63, 3.8) is 0 Å². The summed E-state index contributed by atoms with van der Waals surface area (Å²) in [4.78, 5) is 50.6. The summed E-state index contributed by atoms with van der Waals surface area (Å²) in [5, 5.41) is 17.3. The first-order valence-corrected chi connectivity index (χ1v) is 15.9. The number of nitrogens with one attached hydrogen (secondary N) is 2. The van der Waals surface area contributed by atoms with Gasteiger partial charge in [-0.25, -0.2) is 14.8 Å². The summed E-state index contributed by atoms with van der Waals surface area (Å²) in [7, 11) is 2.78. The molecule has 3 aliphatic heterocycles. The molecule has 48 heavy (non-hydrogen) atoms. The first-order chi connectivity index (χ1) is 22.9. The van der Waals surface area contributed by atoms with E-state index in [0.717, 1.165) is 22.4 Å². The molecular formula is C35H37N5O8. The molecule has 1 unspecified atom stereocenters. The number of amides is 2. The standard InChI is InChI=1S/C35H37N5O8/c1-16(2)25-31-39-26(30-36-22(15-46-30)33(44)45-6)28(48-31)35-19-9-7-8-10-21(19)37-34(35)47-24-12-11-18(13-20(24)35)14-23(29(42)38-25)40(5)32(43)27(41)17(3)4/h7-13,15-17,23,25,27,34,37,41H,14H2,1-6H3,(H,38,42)/t23-,25-,27-,34+,35?/m0/s1. The van der Waals surface area contributed by atoms with Crippen molar-refractivity contribution in [2.24, 2.45) is 11.8 Å². The van der Waals surface area contributed by atoms with Crippen LogP contribution in [0.15, 0.2) is 57.6 Å². The van der Waals surface area contributed by atoms with Gasteiger partial charge in [-0.05, 0) is 35.1 Å². The van der Waals surface area contributed by atoms with Gasteiger partial charge in [-0.1, -0.05) is 58.0 Å². The number of aliphatic hydroxyl groups excluding tert-OH is 1. The van der Waals surface area contributed by atoms with Gasteiger partial charge in [0, 0.05) is 24.7 Å². The Hall–Kier alpha value is -5.17. The first kappa shape index (κ1) is 31.4. The van der Waals surface area contributed by atoms with Gasteiger partial charge >= 0.3 is 5.97 Å². The summed E-state index contributed by atoms with van der Waals surface area (Å²) in [5.41, 5.74) is 2.29. The van der Waals surface area contributed by atoms with Crippen molar-refractivity contribution < 1.29 is 37.8 Å². The van der Waals surface area contributed by atoms with Gasteiger partial charge < -0.3 is 38.9 Å². The zero-order chi connectivity index (χ0) is 34.1. The van der Waals surface area contributed by atoms with Crippen LogP contribution in [0.2, 0.25) is 0 Å². The van der Waals surface area contributed by atoms with Crippen LogP contribution in [0.1, 0.15) is 72.6 Å². The van der Waals surface area contributed by atoms with E-state index in [2.05, 4.69) is 15.6 Å². The maximum absolute atomic E-state index is 14.2. The zero-order valence-corrected chi connectivity index (χ0v) is 27.4. The van der Waals surface area contributed by atoms with E-state index in [9.17, 15) is 19.5 Å². The molecule has 0 saturated heterocycles. The number of fused-ring (bicyclic) bond motifs is 4.